The molecule has 2 amide bonds. The number of amides is 2. The molecule has 3 N–H and O–H groups in total. The van der Waals surface area contributed by atoms with Gasteiger partial charge in [-0.25, -0.2) is 13.6 Å². The van der Waals surface area contributed by atoms with Crippen LogP contribution in [0.5, 0.6) is 11.5 Å². The number of nitrogens with two attached hydrogens (primary N) is 1. The fraction of sp³-hybridized carbons (Fsp3) is 0.150. The molecule has 156 valence electrons. The molecule has 1 saturated heterocycles. The second-order valence-electron chi connectivity index (χ2n) is 6.25. The molecule has 0 radical (unpaired) electrons. The summed E-state index contributed by atoms with van der Waals surface area (Å²) in [6, 6.07) is 6.83. The Morgan fingerprint density at radius 3 is 2.37 bits per heavy atom. The number of benzene rings is 2. The summed E-state index contributed by atoms with van der Waals surface area (Å²) in [5.41, 5.74) is 6.27. The van der Waals surface area contributed by atoms with E-state index in [1.165, 1.54) is 30.3 Å². The fourth-order valence-electron chi connectivity index (χ4n) is 2.64. The van der Waals surface area contributed by atoms with Crippen molar-refractivity contribution in [3.05, 3.63) is 64.9 Å². The lowest BCUT2D eigenvalue weighted by Gasteiger charge is -2.12. The van der Waals surface area contributed by atoms with Crippen molar-refractivity contribution >= 4 is 24.0 Å². The maximum absolute atomic E-state index is 14.3. The van der Waals surface area contributed by atoms with Crippen molar-refractivity contribution in [2.24, 2.45) is 5.73 Å². The van der Waals surface area contributed by atoms with Gasteiger partial charge in [0.05, 0.1) is 7.11 Å². The summed E-state index contributed by atoms with van der Waals surface area (Å²) < 4.78 is 43.1. The van der Waals surface area contributed by atoms with E-state index in [0.29, 0.717) is 5.56 Å². The highest BCUT2D eigenvalue weighted by atomic mass is 19.1. The molecule has 0 saturated carbocycles. The first kappa shape index (κ1) is 20.9. The summed E-state index contributed by atoms with van der Waals surface area (Å²) in [5, 5.41) is 1.96. The molecule has 0 bridgehead atoms. The number of carbonyl (C=O) groups is 3. The number of nitrogens with one attached hydrogen (secondary N) is 1. The molecule has 1 atom stereocenters. The third-order valence-corrected chi connectivity index (χ3v) is 4.06. The zero-order chi connectivity index (χ0) is 21.8. The highest BCUT2D eigenvalue weighted by Gasteiger charge is 2.26. The zero-order valence-electron chi connectivity index (χ0n) is 15.6. The highest BCUT2D eigenvalue weighted by molar-refractivity contribution is 6.09. The van der Waals surface area contributed by atoms with Gasteiger partial charge >= 0.3 is 12.1 Å². The predicted molar refractivity (Wildman–Crippen MR) is 99.2 cm³/mol. The predicted octanol–water partition coefficient (Wildman–Crippen LogP) is 2.41. The van der Waals surface area contributed by atoms with Crippen LogP contribution in [0.2, 0.25) is 0 Å². The van der Waals surface area contributed by atoms with Crippen LogP contribution in [-0.4, -0.2) is 31.1 Å². The van der Waals surface area contributed by atoms with Crippen LogP contribution < -0.4 is 15.8 Å². The molecular weight excluding hydrogens is 402 g/mol. The molecule has 0 aromatic heterocycles. The normalized spacial score (nSPS) is 15.5. The van der Waals surface area contributed by atoms with Crippen LogP contribution in [0, 0.1) is 11.6 Å². The van der Waals surface area contributed by atoms with E-state index in [4.69, 9.17) is 10.5 Å². The Morgan fingerprint density at radius 2 is 1.83 bits per heavy atom. The molecule has 1 unspecified atom stereocenters. The number of imide groups is 1. The van der Waals surface area contributed by atoms with Crippen molar-refractivity contribution in [3.8, 4) is 11.5 Å². The molecule has 30 heavy (non-hydrogen) atoms. The summed E-state index contributed by atoms with van der Waals surface area (Å²) in [5.74, 6) is -3.98. The number of carbonyl (C=O) groups excluding carboxylic acids is 3. The van der Waals surface area contributed by atoms with Crippen LogP contribution >= 0.6 is 0 Å². The van der Waals surface area contributed by atoms with Crippen molar-refractivity contribution in [2.45, 2.75) is 12.5 Å². The Kier molecular flexibility index (Phi) is 6.07. The second-order valence-corrected chi connectivity index (χ2v) is 6.25. The highest BCUT2D eigenvalue weighted by Crippen LogP contribution is 2.29. The van der Waals surface area contributed by atoms with Gasteiger partial charge in [0.2, 0.25) is 0 Å². The number of alkyl carbamates (subject to hydrolysis) is 1. The van der Waals surface area contributed by atoms with Gasteiger partial charge in [-0.1, -0.05) is 12.1 Å². The third kappa shape index (κ3) is 4.78. The lowest BCUT2D eigenvalue weighted by atomic mass is 10.1. The Labute approximate surface area is 169 Å². The van der Waals surface area contributed by atoms with Crippen molar-refractivity contribution in [3.63, 3.8) is 0 Å². The van der Waals surface area contributed by atoms with Gasteiger partial charge in [0, 0.05) is 0 Å². The average molecular weight is 418 g/mol. The van der Waals surface area contributed by atoms with Crippen molar-refractivity contribution in [2.75, 3.05) is 7.11 Å². The molecule has 8 nitrogen and oxygen atoms in total. The first-order valence-corrected chi connectivity index (χ1v) is 8.61. The fourth-order valence-corrected chi connectivity index (χ4v) is 2.64. The molecule has 1 aliphatic heterocycles. The molecule has 2 aromatic rings. The molecule has 1 fully saturated rings. The number of methoxy groups -OCH3 is 1. The number of rotatable bonds is 6. The molecule has 1 heterocycles. The summed E-state index contributed by atoms with van der Waals surface area (Å²) >= 11 is 0. The quantitative estimate of drug-likeness (QED) is 0.547. The molecule has 1 aliphatic rings. The minimum absolute atomic E-state index is 0.109. The number of cyclic esters (lactones) is 1. The maximum atomic E-state index is 14.3. The van der Waals surface area contributed by atoms with Crippen molar-refractivity contribution < 1.29 is 37.4 Å². The SMILES string of the molecule is COC(=O)C(N)Cc1cc(F)c(Oc2ccc(/C=C3/OC(=O)NC3=O)cc2)c(F)c1. The molecular formula is C20H16F2N2O6. The van der Waals surface area contributed by atoms with Crippen LogP contribution in [-0.2, 0) is 25.5 Å². The Balaban J connectivity index is 1.73. The van der Waals surface area contributed by atoms with E-state index < -0.39 is 41.4 Å². The standard InChI is InChI=1S/C20H16F2N2O6/c1-28-19(26)15(23)8-11-6-13(21)17(14(22)7-11)29-12-4-2-10(3-5-12)9-16-18(25)24-20(27)30-16/h2-7,9,15H,8,23H2,1H3,(H,24,25,27)/b16-9+. The number of esters is 1. The number of halogens is 2. The van der Waals surface area contributed by atoms with E-state index >= 15 is 0 Å². The Hall–Kier alpha value is -3.79. The van der Waals surface area contributed by atoms with Gasteiger partial charge in [0.15, 0.2) is 23.1 Å². The second kappa shape index (κ2) is 8.70. The number of hydrogen-bond acceptors (Lipinski definition) is 7. The van der Waals surface area contributed by atoms with Gasteiger partial charge in [-0.3, -0.25) is 14.9 Å². The van der Waals surface area contributed by atoms with E-state index in [9.17, 15) is 23.2 Å². The Bertz CT molecular complexity index is 1010. The number of ether oxygens (including phenoxy) is 3. The van der Waals surface area contributed by atoms with Crippen LogP contribution in [0.15, 0.2) is 42.2 Å². The summed E-state index contributed by atoms with van der Waals surface area (Å²) in [6.45, 7) is 0. The topological polar surface area (TPSA) is 117 Å². The molecule has 10 heteroatoms. The lowest BCUT2D eigenvalue weighted by molar-refractivity contribution is -0.142. The van der Waals surface area contributed by atoms with Gasteiger partial charge in [0.25, 0.3) is 5.91 Å². The van der Waals surface area contributed by atoms with Gasteiger partial charge < -0.3 is 19.9 Å². The first-order chi connectivity index (χ1) is 14.3. The monoisotopic (exact) mass is 418 g/mol. The first-order valence-electron chi connectivity index (χ1n) is 8.61. The van der Waals surface area contributed by atoms with Gasteiger partial charge in [-0.05, 0) is 47.9 Å². The van der Waals surface area contributed by atoms with Crippen molar-refractivity contribution in [1.29, 1.82) is 0 Å². The lowest BCUT2D eigenvalue weighted by Crippen LogP contribution is -2.33. The van der Waals surface area contributed by atoms with E-state index in [2.05, 4.69) is 9.47 Å². The van der Waals surface area contributed by atoms with E-state index in [-0.39, 0.29) is 23.5 Å². The molecule has 3 rings (SSSR count). The largest absolute Gasteiger partial charge is 0.468 e. The van der Waals surface area contributed by atoms with Gasteiger partial charge in [-0.2, -0.15) is 0 Å². The Morgan fingerprint density at radius 1 is 1.20 bits per heavy atom. The molecule has 2 aromatic carbocycles. The zero-order valence-corrected chi connectivity index (χ0v) is 15.6. The van der Waals surface area contributed by atoms with Crippen molar-refractivity contribution in [1.82, 2.24) is 5.32 Å². The third-order valence-electron chi connectivity index (χ3n) is 4.06. The minimum Gasteiger partial charge on any atom is -0.468 e. The molecule has 0 aliphatic carbocycles. The van der Waals surface area contributed by atoms with E-state index in [0.717, 1.165) is 19.2 Å². The van der Waals surface area contributed by atoms with Gasteiger partial charge in [-0.15, -0.1) is 0 Å². The molecule has 0 spiro atoms. The minimum atomic E-state index is -1.05. The van der Waals surface area contributed by atoms with Gasteiger partial charge in [0.1, 0.15) is 11.8 Å². The van der Waals surface area contributed by atoms with E-state index in [1.807, 2.05) is 5.32 Å². The van der Waals surface area contributed by atoms with Crippen LogP contribution in [0.1, 0.15) is 11.1 Å². The maximum Gasteiger partial charge on any atom is 0.419 e. The summed E-state index contributed by atoms with van der Waals surface area (Å²) in [6.07, 6.45) is 0.348. The summed E-state index contributed by atoms with van der Waals surface area (Å²) in [7, 11) is 1.16. The number of hydrogen-bond donors (Lipinski definition) is 2. The smallest absolute Gasteiger partial charge is 0.419 e. The van der Waals surface area contributed by atoms with Crippen LogP contribution in [0.4, 0.5) is 13.6 Å². The average Bonchev–Trinajstić information content (AvgIpc) is 3.02. The van der Waals surface area contributed by atoms with Crippen LogP contribution in [0.25, 0.3) is 6.08 Å². The summed E-state index contributed by atoms with van der Waals surface area (Å²) in [4.78, 5) is 33.8. The van der Waals surface area contributed by atoms with E-state index in [1.54, 1.807) is 0 Å². The van der Waals surface area contributed by atoms with Crippen LogP contribution in [0.3, 0.4) is 0 Å².